The van der Waals surface area contributed by atoms with Gasteiger partial charge in [0.15, 0.2) is 12.4 Å². The molecule has 0 N–H and O–H groups in total. The van der Waals surface area contributed by atoms with Crippen molar-refractivity contribution >= 4 is 23.3 Å². The molecule has 0 aliphatic carbocycles. The van der Waals surface area contributed by atoms with Crippen molar-refractivity contribution in [3.63, 3.8) is 0 Å². The minimum Gasteiger partial charge on any atom is -0.494 e. The molecule has 0 unspecified atom stereocenters. The molecule has 0 aromatic heterocycles. The van der Waals surface area contributed by atoms with Crippen molar-refractivity contribution in [3.8, 4) is 5.75 Å². The largest absolute Gasteiger partial charge is 0.494 e. The summed E-state index contributed by atoms with van der Waals surface area (Å²) in [7, 11) is 0. The quantitative estimate of drug-likeness (QED) is 0.556. The lowest BCUT2D eigenvalue weighted by atomic mass is 10.1. The number of amides is 1. The second kappa shape index (κ2) is 8.49. The highest BCUT2D eigenvalue weighted by molar-refractivity contribution is 6.01. The van der Waals surface area contributed by atoms with Crippen LogP contribution in [0.15, 0.2) is 54.6 Å². The average molecular weight is 367 g/mol. The molecule has 2 aromatic rings. The van der Waals surface area contributed by atoms with Gasteiger partial charge in [0.25, 0.3) is 0 Å². The van der Waals surface area contributed by atoms with E-state index >= 15 is 0 Å². The zero-order chi connectivity index (χ0) is 19.2. The number of carbonyl (C=O) groups excluding carboxylic acids is 3. The Morgan fingerprint density at radius 3 is 2.44 bits per heavy atom. The lowest BCUT2D eigenvalue weighted by molar-refractivity contribution is -0.147. The molecule has 1 fully saturated rings. The number of ketones is 1. The molecule has 6 nitrogen and oxygen atoms in total. The van der Waals surface area contributed by atoms with E-state index in [1.165, 1.54) is 0 Å². The van der Waals surface area contributed by atoms with Gasteiger partial charge in [-0.1, -0.05) is 30.3 Å². The fourth-order valence-electron chi connectivity index (χ4n) is 2.97. The first-order valence-electron chi connectivity index (χ1n) is 8.86. The third-order valence-corrected chi connectivity index (χ3v) is 4.36. The lowest BCUT2D eigenvalue weighted by Crippen LogP contribution is -2.27. The Bertz CT molecular complexity index is 816. The van der Waals surface area contributed by atoms with E-state index in [9.17, 15) is 14.4 Å². The number of benzene rings is 2. The smallest absolute Gasteiger partial charge is 0.311 e. The number of ether oxygens (including phenoxy) is 2. The molecule has 1 heterocycles. The van der Waals surface area contributed by atoms with Gasteiger partial charge in [0.05, 0.1) is 12.5 Å². The molecule has 0 spiro atoms. The highest BCUT2D eigenvalue weighted by atomic mass is 16.5. The van der Waals surface area contributed by atoms with Crippen LogP contribution >= 0.6 is 0 Å². The van der Waals surface area contributed by atoms with E-state index in [2.05, 4.69) is 0 Å². The maximum Gasteiger partial charge on any atom is 0.311 e. The Morgan fingerprint density at radius 1 is 1.07 bits per heavy atom. The molecular formula is C21H21NO5. The van der Waals surface area contributed by atoms with Gasteiger partial charge in [-0.05, 0) is 31.2 Å². The van der Waals surface area contributed by atoms with Gasteiger partial charge < -0.3 is 14.4 Å². The molecule has 0 radical (unpaired) electrons. The van der Waals surface area contributed by atoms with Crippen LogP contribution in [0.3, 0.4) is 0 Å². The van der Waals surface area contributed by atoms with E-state index in [4.69, 9.17) is 9.47 Å². The maximum absolute atomic E-state index is 12.3. The first-order chi connectivity index (χ1) is 13.1. The second-order valence-electron chi connectivity index (χ2n) is 6.23. The number of hydrogen-bond acceptors (Lipinski definition) is 5. The second-order valence-corrected chi connectivity index (χ2v) is 6.23. The van der Waals surface area contributed by atoms with Gasteiger partial charge in [-0.15, -0.1) is 0 Å². The molecule has 2 aromatic carbocycles. The summed E-state index contributed by atoms with van der Waals surface area (Å²) in [5.74, 6) is -0.788. The van der Waals surface area contributed by atoms with Gasteiger partial charge in [-0.25, -0.2) is 0 Å². The van der Waals surface area contributed by atoms with Crippen molar-refractivity contribution in [1.29, 1.82) is 0 Å². The van der Waals surface area contributed by atoms with E-state index < -0.39 is 11.9 Å². The summed E-state index contributed by atoms with van der Waals surface area (Å²) in [4.78, 5) is 38.1. The standard InChI is InChI=1S/C21H21NO5/c1-2-26-18-10-8-17(9-11-18)22-13-16(12-20(22)24)21(25)27-14-19(23)15-6-4-3-5-7-15/h3-11,16H,2,12-14H2,1H3/t16-/m0/s1. The summed E-state index contributed by atoms with van der Waals surface area (Å²) >= 11 is 0. The summed E-state index contributed by atoms with van der Waals surface area (Å²) in [6.45, 7) is 2.38. The average Bonchev–Trinajstić information content (AvgIpc) is 3.09. The zero-order valence-corrected chi connectivity index (χ0v) is 15.1. The molecule has 0 bridgehead atoms. The summed E-state index contributed by atoms with van der Waals surface area (Å²) in [6.07, 6.45) is 0.0750. The molecule has 1 aliphatic rings. The van der Waals surface area contributed by atoms with Gasteiger partial charge in [-0.3, -0.25) is 14.4 Å². The Labute approximate surface area is 157 Å². The van der Waals surface area contributed by atoms with Crippen molar-refractivity contribution in [2.75, 3.05) is 24.7 Å². The number of esters is 1. The lowest BCUT2D eigenvalue weighted by Gasteiger charge is -2.17. The number of anilines is 1. The summed E-state index contributed by atoms with van der Waals surface area (Å²) < 4.78 is 10.5. The van der Waals surface area contributed by atoms with Gasteiger partial charge in [0.2, 0.25) is 5.91 Å². The third-order valence-electron chi connectivity index (χ3n) is 4.36. The van der Waals surface area contributed by atoms with Crippen LogP contribution in [0.5, 0.6) is 5.75 Å². The third kappa shape index (κ3) is 4.53. The number of Topliss-reactive ketones (excluding diaryl/α,β-unsaturated/α-hetero) is 1. The number of rotatable bonds is 7. The Kier molecular flexibility index (Phi) is 5.86. The highest BCUT2D eigenvalue weighted by Crippen LogP contribution is 2.27. The normalized spacial score (nSPS) is 16.3. The predicted octanol–water partition coefficient (Wildman–Crippen LogP) is 2.86. The van der Waals surface area contributed by atoms with Crippen LogP contribution in [0, 0.1) is 5.92 Å². The first kappa shape index (κ1) is 18.6. The van der Waals surface area contributed by atoms with Crippen molar-refractivity contribution < 1.29 is 23.9 Å². The minimum atomic E-state index is -0.576. The molecule has 140 valence electrons. The molecule has 1 saturated heterocycles. The van der Waals surface area contributed by atoms with E-state index in [-0.39, 0.29) is 31.3 Å². The molecule has 1 amide bonds. The van der Waals surface area contributed by atoms with E-state index in [0.717, 1.165) is 5.75 Å². The van der Waals surface area contributed by atoms with E-state index in [0.29, 0.717) is 17.9 Å². The van der Waals surface area contributed by atoms with Crippen LogP contribution in [0.4, 0.5) is 5.69 Å². The van der Waals surface area contributed by atoms with Crippen LogP contribution in [0.1, 0.15) is 23.7 Å². The van der Waals surface area contributed by atoms with Crippen LogP contribution in [0.2, 0.25) is 0 Å². The number of carbonyl (C=O) groups is 3. The van der Waals surface area contributed by atoms with Crippen LogP contribution in [0.25, 0.3) is 0 Å². The topological polar surface area (TPSA) is 72.9 Å². The summed E-state index contributed by atoms with van der Waals surface area (Å²) in [6, 6.07) is 15.8. The van der Waals surface area contributed by atoms with Crippen molar-refractivity contribution in [3.05, 3.63) is 60.2 Å². The Hall–Kier alpha value is -3.15. The minimum absolute atomic E-state index is 0.0750. The SMILES string of the molecule is CCOc1ccc(N2C[C@@H](C(=O)OCC(=O)c3ccccc3)CC2=O)cc1. The predicted molar refractivity (Wildman–Crippen MR) is 99.8 cm³/mol. The first-order valence-corrected chi connectivity index (χ1v) is 8.86. The fourth-order valence-corrected chi connectivity index (χ4v) is 2.97. The van der Waals surface area contributed by atoms with Crippen LogP contribution in [-0.4, -0.2) is 37.4 Å². The number of hydrogen-bond donors (Lipinski definition) is 0. The Balaban J connectivity index is 1.56. The summed E-state index contributed by atoms with van der Waals surface area (Å²) in [5, 5.41) is 0. The van der Waals surface area contributed by atoms with Crippen LogP contribution in [-0.2, 0) is 14.3 Å². The van der Waals surface area contributed by atoms with Gasteiger partial charge >= 0.3 is 5.97 Å². The van der Waals surface area contributed by atoms with Gasteiger partial charge in [0.1, 0.15) is 5.75 Å². The van der Waals surface area contributed by atoms with Crippen molar-refractivity contribution in [1.82, 2.24) is 0 Å². The molecule has 27 heavy (non-hydrogen) atoms. The molecular weight excluding hydrogens is 346 g/mol. The van der Waals surface area contributed by atoms with E-state index in [1.807, 2.05) is 13.0 Å². The number of nitrogens with zero attached hydrogens (tertiary/aromatic N) is 1. The molecule has 3 rings (SSSR count). The molecule has 0 saturated carbocycles. The van der Waals surface area contributed by atoms with Crippen molar-refractivity contribution in [2.45, 2.75) is 13.3 Å². The van der Waals surface area contributed by atoms with Gasteiger partial charge in [-0.2, -0.15) is 0 Å². The monoisotopic (exact) mass is 367 g/mol. The van der Waals surface area contributed by atoms with E-state index in [1.54, 1.807) is 53.4 Å². The molecule has 1 atom stereocenters. The van der Waals surface area contributed by atoms with Gasteiger partial charge in [0, 0.05) is 24.2 Å². The maximum atomic E-state index is 12.3. The zero-order valence-electron chi connectivity index (χ0n) is 15.1. The molecule has 6 heteroatoms. The fraction of sp³-hybridized carbons (Fsp3) is 0.286. The highest BCUT2D eigenvalue weighted by Gasteiger charge is 2.36. The van der Waals surface area contributed by atoms with Crippen LogP contribution < -0.4 is 9.64 Å². The summed E-state index contributed by atoms with van der Waals surface area (Å²) in [5.41, 5.74) is 1.20. The van der Waals surface area contributed by atoms with Crippen molar-refractivity contribution in [2.24, 2.45) is 5.92 Å². The molecule has 1 aliphatic heterocycles. The Morgan fingerprint density at radius 2 is 1.78 bits per heavy atom.